The van der Waals surface area contributed by atoms with Gasteiger partial charge in [-0.3, -0.25) is 4.79 Å². The molecule has 1 aliphatic carbocycles. The first-order valence-corrected chi connectivity index (χ1v) is 8.13. The maximum Gasteiger partial charge on any atom is 0.306 e. The van der Waals surface area contributed by atoms with Crippen LogP contribution in [0.15, 0.2) is 24.3 Å². The van der Waals surface area contributed by atoms with E-state index < -0.39 is 0 Å². The van der Waals surface area contributed by atoms with Gasteiger partial charge in [0.2, 0.25) is 0 Å². The van der Waals surface area contributed by atoms with Gasteiger partial charge in [-0.15, -0.1) is 0 Å². The van der Waals surface area contributed by atoms with Crippen molar-refractivity contribution in [1.82, 2.24) is 0 Å². The van der Waals surface area contributed by atoms with Crippen molar-refractivity contribution in [1.29, 1.82) is 0 Å². The molecule has 0 radical (unpaired) electrons. The average molecular weight is 294 g/mol. The van der Waals surface area contributed by atoms with E-state index >= 15 is 0 Å². The third-order valence-electron chi connectivity index (χ3n) is 3.60. The normalized spacial score (nSPS) is 15.7. The van der Waals surface area contributed by atoms with Crippen molar-refractivity contribution in [2.45, 2.75) is 26.2 Å². The molecule has 0 spiro atoms. The molecule has 20 heavy (non-hydrogen) atoms. The Hall–Kier alpha value is -1.16. The van der Waals surface area contributed by atoms with Crippen molar-refractivity contribution < 1.29 is 14.3 Å². The van der Waals surface area contributed by atoms with Crippen LogP contribution in [-0.4, -0.2) is 31.2 Å². The summed E-state index contributed by atoms with van der Waals surface area (Å²) in [7, 11) is 1.46. The molecule has 4 heteroatoms. The van der Waals surface area contributed by atoms with Crippen LogP contribution in [0.25, 0.3) is 0 Å². The molecule has 0 amide bonds. The summed E-state index contributed by atoms with van der Waals surface area (Å²) in [4.78, 5) is 11.3. The van der Waals surface area contributed by atoms with E-state index in [2.05, 4.69) is 13.0 Å². The fourth-order valence-corrected chi connectivity index (χ4v) is 3.31. The molecule has 1 fully saturated rings. The highest BCUT2D eigenvalue weighted by Gasteiger charge is 2.44. The molecule has 1 aromatic rings. The highest BCUT2D eigenvalue weighted by Crippen LogP contribution is 2.51. The van der Waals surface area contributed by atoms with Crippen LogP contribution in [0.4, 0.5) is 0 Å². The molecular weight excluding hydrogens is 272 g/mol. The number of ether oxygens (including phenoxy) is 2. The number of aryl methyl sites for hydroxylation is 1. The Labute approximate surface area is 125 Å². The average Bonchev–Trinajstić information content (AvgIpc) is 3.18. The minimum absolute atomic E-state index is 0.0842. The van der Waals surface area contributed by atoms with Gasteiger partial charge in [-0.25, -0.2) is 0 Å². The van der Waals surface area contributed by atoms with Crippen LogP contribution in [0.1, 0.15) is 24.8 Å². The van der Waals surface area contributed by atoms with E-state index in [4.69, 9.17) is 9.47 Å². The minimum atomic E-state index is -0.0842. The van der Waals surface area contributed by atoms with Crippen LogP contribution in [0, 0.1) is 12.3 Å². The molecule has 1 aliphatic rings. The van der Waals surface area contributed by atoms with Gasteiger partial charge < -0.3 is 9.47 Å². The quantitative estimate of drug-likeness (QED) is 0.543. The fourth-order valence-electron chi connectivity index (χ4n) is 2.14. The number of esters is 1. The van der Waals surface area contributed by atoms with Crippen LogP contribution >= 0.6 is 11.8 Å². The van der Waals surface area contributed by atoms with Crippen molar-refractivity contribution in [3.8, 4) is 5.75 Å². The number of hydrogen-bond acceptors (Lipinski definition) is 4. The largest absolute Gasteiger partial charge is 0.493 e. The molecule has 110 valence electrons. The smallest absolute Gasteiger partial charge is 0.306 e. The van der Waals surface area contributed by atoms with Crippen LogP contribution in [-0.2, 0) is 9.53 Å². The number of carbonyl (C=O) groups is 1. The molecule has 0 bridgehead atoms. The molecule has 2 rings (SSSR count). The Balaban J connectivity index is 1.61. The molecule has 3 nitrogen and oxygen atoms in total. The Morgan fingerprint density at radius 2 is 2.20 bits per heavy atom. The first-order valence-electron chi connectivity index (χ1n) is 6.98. The molecule has 0 N–H and O–H groups in total. The Morgan fingerprint density at radius 3 is 2.85 bits per heavy atom. The van der Waals surface area contributed by atoms with Gasteiger partial charge in [0.25, 0.3) is 0 Å². The number of rotatable bonds is 8. The standard InChI is InChI=1S/C16H22O3S/c1-13-4-3-5-14(10-13)19-8-9-20-12-16(6-7-16)11-15(17)18-2/h3-5,10H,6-9,11-12H2,1-2H3. The molecular formula is C16H22O3S. The van der Waals surface area contributed by atoms with Gasteiger partial charge in [0.1, 0.15) is 5.75 Å². The fraction of sp³-hybridized carbons (Fsp3) is 0.562. The van der Waals surface area contributed by atoms with Gasteiger partial charge in [0.15, 0.2) is 0 Å². The molecule has 0 saturated heterocycles. The number of benzene rings is 1. The van der Waals surface area contributed by atoms with Gasteiger partial charge >= 0.3 is 5.97 Å². The van der Waals surface area contributed by atoms with E-state index in [1.54, 1.807) is 0 Å². The van der Waals surface area contributed by atoms with Crippen molar-refractivity contribution in [2.75, 3.05) is 25.2 Å². The number of methoxy groups -OCH3 is 1. The lowest BCUT2D eigenvalue weighted by Crippen LogP contribution is -2.14. The van der Waals surface area contributed by atoms with E-state index in [1.165, 1.54) is 12.7 Å². The summed E-state index contributed by atoms with van der Waals surface area (Å²) < 4.78 is 10.5. The van der Waals surface area contributed by atoms with E-state index in [-0.39, 0.29) is 11.4 Å². The summed E-state index contributed by atoms with van der Waals surface area (Å²) in [6.07, 6.45) is 2.86. The lowest BCUT2D eigenvalue weighted by atomic mass is 10.1. The van der Waals surface area contributed by atoms with E-state index in [9.17, 15) is 4.79 Å². The molecule has 0 aliphatic heterocycles. The summed E-state index contributed by atoms with van der Waals surface area (Å²) in [6, 6.07) is 8.10. The Morgan fingerprint density at radius 1 is 1.40 bits per heavy atom. The van der Waals surface area contributed by atoms with Gasteiger partial charge in [-0.1, -0.05) is 12.1 Å². The zero-order valence-electron chi connectivity index (χ0n) is 12.2. The monoisotopic (exact) mass is 294 g/mol. The lowest BCUT2D eigenvalue weighted by molar-refractivity contribution is -0.141. The van der Waals surface area contributed by atoms with Crippen molar-refractivity contribution in [3.05, 3.63) is 29.8 Å². The van der Waals surface area contributed by atoms with Crippen LogP contribution < -0.4 is 4.74 Å². The summed E-state index contributed by atoms with van der Waals surface area (Å²) in [6.45, 7) is 2.77. The maximum absolute atomic E-state index is 11.3. The topological polar surface area (TPSA) is 35.5 Å². The second-order valence-corrected chi connectivity index (χ2v) is 6.58. The number of hydrogen-bond donors (Lipinski definition) is 0. The summed E-state index contributed by atoms with van der Waals surface area (Å²) >= 11 is 1.87. The van der Waals surface area contributed by atoms with E-state index in [0.29, 0.717) is 13.0 Å². The zero-order valence-corrected chi connectivity index (χ0v) is 13.0. The second-order valence-electron chi connectivity index (χ2n) is 5.47. The van der Waals surface area contributed by atoms with Crippen molar-refractivity contribution >= 4 is 17.7 Å². The summed E-state index contributed by atoms with van der Waals surface area (Å²) in [5, 5.41) is 0. The molecule has 0 atom stereocenters. The number of thioether (sulfide) groups is 1. The van der Waals surface area contributed by atoms with Gasteiger partial charge in [0, 0.05) is 5.75 Å². The molecule has 0 aromatic heterocycles. The predicted octanol–water partition coefficient (Wildman–Crippen LogP) is 3.45. The van der Waals surface area contributed by atoms with Gasteiger partial charge in [-0.05, 0) is 48.6 Å². The first-order chi connectivity index (χ1) is 9.63. The van der Waals surface area contributed by atoms with E-state index in [0.717, 1.165) is 30.1 Å². The minimum Gasteiger partial charge on any atom is -0.493 e. The Bertz CT molecular complexity index is 455. The van der Waals surface area contributed by atoms with E-state index in [1.807, 2.05) is 30.0 Å². The maximum atomic E-state index is 11.3. The van der Waals surface area contributed by atoms with Gasteiger partial charge in [0.05, 0.1) is 20.1 Å². The SMILES string of the molecule is COC(=O)CC1(CSCCOc2cccc(C)c2)CC1. The predicted molar refractivity (Wildman–Crippen MR) is 82.3 cm³/mol. The zero-order chi connectivity index (χ0) is 14.4. The molecule has 0 unspecified atom stereocenters. The third kappa shape index (κ3) is 4.75. The summed E-state index contributed by atoms with van der Waals surface area (Å²) in [5.74, 6) is 2.83. The first kappa shape index (κ1) is 15.2. The highest BCUT2D eigenvalue weighted by atomic mass is 32.2. The number of carbonyl (C=O) groups excluding carboxylic acids is 1. The Kier molecular flexibility index (Phi) is 5.35. The van der Waals surface area contributed by atoms with Crippen LogP contribution in [0.5, 0.6) is 5.75 Å². The molecule has 1 saturated carbocycles. The van der Waals surface area contributed by atoms with Crippen LogP contribution in [0.3, 0.4) is 0 Å². The highest BCUT2D eigenvalue weighted by molar-refractivity contribution is 7.99. The molecule has 0 heterocycles. The summed E-state index contributed by atoms with van der Waals surface area (Å²) in [5.41, 5.74) is 1.42. The van der Waals surface area contributed by atoms with Crippen molar-refractivity contribution in [2.24, 2.45) is 5.41 Å². The third-order valence-corrected chi connectivity index (χ3v) is 4.87. The molecule has 1 aromatic carbocycles. The second kappa shape index (κ2) is 7.02. The van der Waals surface area contributed by atoms with Gasteiger partial charge in [-0.2, -0.15) is 11.8 Å². The lowest BCUT2D eigenvalue weighted by Gasteiger charge is -2.13. The van der Waals surface area contributed by atoms with Crippen molar-refractivity contribution in [3.63, 3.8) is 0 Å². The van der Waals surface area contributed by atoms with Crippen LogP contribution in [0.2, 0.25) is 0 Å².